The van der Waals surface area contributed by atoms with Crippen molar-refractivity contribution in [2.75, 3.05) is 26.7 Å². The minimum atomic E-state index is -0.298. The summed E-state index contributed by atoms with van der Waals surface area (Å²) >= 11 is 0. The van der Waals surface area contributed by atoms with Crippen LogP contribution < -0.4 is 5.32 Å². The Hall–Kier alpha value is -2.21. The van der Waals surface area contributed by atoms with Gasteiger partial charge in [0, 0.05) is 18.8 Å². The summed E-state index contributed by atoms with van der Waals surface area (Å²) in [6, 6.07) is 6.06. The van der Waals surface area contributed by atoms with Crippen molar-refractivity contribution in [3.63, 3.8) is 0 Å². The molecular formula is C17H21FN4O. The van der Waals surface area contributed by atoms with Gasteiger partial charge in [0.1, 0.15) is 11.5 Å². The highest BCUT2D eigenvalue weighted by atomic mass is 19.1. The molecule has 1 amide bonds. The molecule has 0 aliphatic carbocycles. The van der Waals surface area contributed by atoms with Crippen molar-refractivity contribution in [1.29, 1.82) is 0 Å². The second-order valence-electron chi connectivity index (χ2n) is 5.92. The molecule has 0 spiro atoms. The number of halogens is 1. The minimum Gasteiger partial charge on any atom is -0.337 e. The lowest BCUT2D eigenvalue weighted by atomic mass is 9.96. The molecule has 2 heterocycles. The third kappa shape index (κ3) is 3.42. The summed E-state index contributed by atoms with van der Waals surface area (Å²) in [4.78, 5) is 18.7. The number of nitrogens with one attached hydrogen (secondary N) is 1. The summed E-state index contributed by atoms with van der Waals surface area (Å²) in [6.07, 6.45) is 5.19. The van der Waals surface area contributed by atoms with Crippen LogP contribution in [0.3, 0.4) is 0 Å². The number of amides is 1. The van der Waals surface area contributed by atoms with Crippen LogP contribution in [0.1, 0.15) is 23.3 Å². The molecule has 0 radical (unpaired) electrons. The predicted molar refractivity (Wildman–Crippen MR) is 86.1 cm³/mol. The van der Waals surface area contributed by atoms with Crippen molar-refractivity contribution in [3.05, 3.63) is 48.3 Å². The molecule has 1 aliphatic rings. The third-order valence-electron chi connectivity index (χ3n) is 4.36. The van der Waals surface area contributed by atoms with Gasteiger partial charge in [-0.15, -0.1) is 0 Å². The van der Waals surface area contributed by atoms with Crippen LogP contribution in [0.5, 0.6) is 0 Å². The van der Waals surface area contributed by atoms with E-state index in [-0.39, 0.29) is 11.7 Å². The van der Waals surface area contributed by atoms with Crippen molar-refractivity contribution < 1.29 is 9.18 Å². The molecule has 1 aliphatic heterocycles. The maximum atomic E-state index is 13.1. The fourth-order valence-corrected chi connectivity index (χ4v) is 3.05. The Kier molecular flexibility index (Phi) is 4.71. The predicted octanol–water partition coefficient (Wildman–Crippen LogP) is 2.08. The Morgan fingerprint density at radius 2 is 2.00 bits per heavy atom. The Morgan fingerprint density at radius 3 is 2.65 bits per heavy atom. The molecule has 122 valence electrons. The van der Waals surface area contributed by atoms with E-state index >= 15 is 0 Å². The summed E-state index contributed by atoms with van der Waals surface area (Å²) in [7, 11) is 1.96. The van der Waals surface area contributed by atoms with E-state index in [0.717, 1.165) is 38.2 Å². The molecule has 1 aromatic carbocycles. The Labute approximate surface area is 135 Å². The molecule has 1 saturated heterocycles. The quantitative estimate of drug-likeness (QED) is 0.939. The van der Waals surface area contributed by atoms with Crippen LogP contribution in [-0.2, 0) is 0 Å². The zero-order valence-corrected chi connectivity index (χ0v) is 13.2. The molecular weight excluding hydrogens is 295 g/mol. The van der Waals surface area contributed by atoms with Gasteiger partial charge in [-0.05, 0) is 56.6 Å². The van der Waals surface area contributed by atoms with Crippen LogP contribution in [-0.4, -0.2) is 47.0 Å². The SMILES string of the molecule is CNCC1CCN(C(=O)c2cncn2-c2ccc(F)cc2)CC1. The summed E-state index contributed by atoms with van der Waals surface area (Å²) in [6.45, 7) is 2.52. The normalized spacial score (nSPS) is 15.8. The first-order valence-corrected chi connectivity index (χ1v) is 7.91. The summed E-state index contributed by atoms with van der Waals surface area (Å²) < 4.78 is 14.8. The van der Waals surface area contributed by atoms with E-state index in [1.165, 1.54) is 12.1 Å². The molecule has 6 heteroatoms. The number of benzene rings is 1. The zero-order valence-electron chi connectivity index (χ0n) is 13.2. The maximum absolute atomic E-state index is 13.1. The van der Waals surface area contributed by atoms with Gasteiger partial charge >= 0.3 is 0 Å². The van der Waals surface area contributed by atoms with E-state index in [9.17, 15) is 9.18 Å². The van der Waals surface area contributed by atoms with E-state index in [4.69, 9.17) is 0 Å². The molecule has 1 fully saturated rings. The number of hydrogen-bond donors (Lipinski definition) is 1. The fraction of sp³-hybridized carbons (Fsp3) is 0.412. The first kappa shape index (κ1) is 15.7. The first-order chi connectivity index (χ1) is 11.2. The third-order valence-corrected chi connectivity index (χ3v) is 4.36. The van der Waals surface area contributed by atoms with Gasteiger partial charge < -0.3 is 10.2 Å². The van der Waals surface area contributed by atoms with Crippen LogP contribution >= 0.6 is 0 Å². The van der Waals surface area contributed by atoms with Crippen LogP contribution in [0.2, 0.25) is 0 Å². The summed E-state index contributed by atoms with van der Waals surface area (Å²) in [5.41, 5.74) is 1.25. The minimum absolute atomic E-state index is 0.0188. The zero-order chi connectivity index (χ0) is 16.2. The molecule has 5 nitrogen and oxygen atoms in total. The summed E-state index contributed by atoms with van der Waals surface area (Å²) in [5, 5.41) is 3.20. The number of likely N-dealkylation sites (tertiary alicyclic amines) is 1. The van der Waals surface area contributed by atoms with Gasteiger partial charge in [0.25, 0.3) is 5.91 Å². The molecule has 1 N–H and O–H groups in total. The Balaban J connectivity index is 1.74. The van der Waals surface area contributed by atoms with Crippen molar-refractivity contribution >= 4 is 5.91 Å². The van der Waals surface area contributed by atoms with Gasteiger partial charge in [-0.25, -0.2) is 9.37 Å². The van der Waals surface area contributed by atoms with Crippen LogP contribution in [0, 0.1) is 11.7 Å². The average Bonchev–Trinajstić information content (AvgIpc) is 3.05. The maximum Gasteiger partial charge on any atom is 0.272 e. The molecule has 1 aromatic heterocycles. The number of rotatable bonds is 4. The molecule has 0 bridgehead atoms. The van der Waals surface area contributed by atoms with E-state index in [1.54, 1.807) is 29.2 Å². The standard InChI is InChI=1S/C17H21FN4O/c1-19-10-13-6-8-21(9-7-13)17(23)16-11-20-12-22(16)15-4-2-14(18)3-5-15/h2-5,11-13,19H,6-10H2,1H3. The van der Waals surface area contributed by atoms with Gasteiger partial charge in [-0.1, -0.05) is 0 Å². The fourth-order valence-electron chi connectivity index (χ4n) is 3.05. The number of nitrogens with zero attached hydrogens (tertiary/aromatic N) is 3. The molecule has 2 aromatic rings. The molecule has 0 unspecified atom stereocenters. The molecule has 0 saturated carbocycles. The lowest BCUT2D eigenvalue weighted by Gasteiger charge is -2.32. The van der Waals surface area contributed by atoms with Crippen LogP contribution in [0.15, 0.2) is 36.8 Å². The lowest BCUT2D eigenvalue weighted by molar-refractivity contribution is 0.0683. The Bertz CT molecular complexity index is 659. The van der Waals surface area contributed by atoms with Gasteiger partial charge in [0.2, 0.25) is 0 Å². The van der Waals surface area contributed by atoms with Crippen molar-refractivity contribution in [2.24, 2.45) is 5.92 Å². The number of hydrogen-bond acceptors (Lipinski definition) is 3. The second kappa shape index (κ2) is 6.91. The lowest BCUT2D eigenvalue weighted by Crippen LogP contribution is -2.41. The molecule has 3 rings (SSSR count). The van der Waals surface area contributed by atoms with E-state index in [2.05, 4.69) is 10.3 Å². The van der Waals surface area contributed by atoms with Crippen molar-refractivity contribution in [1.82, 2.24) is 19.8 Å². The number of imidazole rings is 1. The highest BCUT2D eigenvalue weighted by Crippen LogP contribution is 2.20. The monoisotopic (exact) mass is 316 g/mol. The van der Waals surface area contributed by atoms with Crippen LogP contribution in [0.4, 0.5) is 4.39 Å². The molecule has 0 atom stereocenters. The largest absolute Gasteiger partial charge is 0.337 e. The number of aromatic nitrogens is 2. The van der Waals surface area contributed by atoms with Crippen molar-refractivity contribution in [3.8, 4) is 5.69 Å². The van der Waals surface area contributed by atoms with E-state index in [0.29, 0.717) is 11.6 Å². The van der Waals surface area contributed by atoms with Crippen LogP contribution in [0.25, 0.3) is 5.69 Å². The topological polar surface area (TPSA) is 50.2 Å². The Morgan fingerprint density at radius 1 is 1.30 bits per heavy atom. The van der Waals surface area contributed by atoms with Gasteiger partial charge in [0.15, 0.2) is 0 Å². The second-order valence-corrected chi connectivity index (χ2v) is 5.92. The smallest absolute Gasteiger partial charge is 0.272 e. The number of piperidine rings is 1. The highest BCUT2D eigenvalue weighted by Gasteiger charge is 2.25. The van der Waals surface area contributed by atoms with Gasteiger partial charge in [0.05, 0.1) is 12.5 Å². The average molecular weight is 316 g/mol. The van der Waals surface area contributed by atoms with E-state index < -0.39 is 0 Å². The summed E-state index contributed by atoms with van der Waals surface area (Å²) in [5.74, 6) is 0.314. The van der Waals surface area contributed by atoms with Gasteiger partial charge in [-0.3, -0.25) is 9.36 Å². The number of carbonyl (C=O) groups excluding carboxylic acids is 1. The van der Waals surface area contributed by atoms with Crippen molar-refractivity contribution in [2.45, 2.75) is 12.8 Å². The first-order valence-electron chi connectivity index (χ1n) is 7.91. The van der Waals surface area contributed by atoms with Gasteiger partial charge in [-0.2, -0.15) is 0 Å². The number of carbonyl (C=O) groups is 1. The molecule has 23 heavy (non-hydrogen) atoms. The van der Waals surface area contributed by atoms with E-state index in [1.807, 2.05) is 11.9 Å². The highest BCUT2D eigenvalue weighted by molar-refractivity contribution is 5.93.